The minimum Gasteiger partial charge on any atom is -0.324 e. The average Bonchev–Trinajstić information content (AvgIpc) is 2.64. The minimum absolute atomic E-state index is 0. The van der Waals surface area contributed by atoms with Crippen LogP contribution in [0.4, 0.5) is 10.1 Å². The van der Waals surface area contributed by atoms with E-state index < -0.39 is 0 Å². The van der Waals surface area contributed by atoms with Crippen molar-refractivity contribution in [1.82, 2.24) is 5.32 Å². The van der Waals surface area contributed by atoms with Crippen molar-refractivity contribution in [3.05, 3.63) is 64.5 Å². The fourth-order valence-electron chi connectivity index (χ4n) is 3.31. The standard InChI is InChI=1S/C21H25FN2O.ClH/c1-3-15-4-6-16(7-5-15)14(2)12-20(25)24-19-9-8-17-13-23-11-10-18(17)21(19)22;/h4-9,14,23H,3,10-13H2,1-2H3,(H,24,25);1H. The second kappa shape index (κ2) is 9.15. The van der Waals surface area contributed by atoms with Crippen LogP contribution in [0.5, 0.6) is 0 Å². The van der Waals surface area contributed by atoms with Gasteiger partial charge in [-0.2, -0.15) is 0 Å². The number of carbonyl (C=O) groups excluding carboxylic acids is 1. The Balaban J connectivity index is 0.00000243. The lowest BCUT2D eigenvalue weighted by Gasteiger charge is -2.20. The molecular weight excluding hydrogens is 351 g/mol. The zero-order chi connectivity index (χ0) is 17.8. The molecule has 3 nitrogen and oxygen atoms in total. The van der Waals surface area contributed by atoms with Crippen LogP contribution >= 0.6 is 12.4 Å². The van der Waals surface area contributed by atoms with Crippen molar-refractivity contribution in [2.75, 3.05) is 11.9 Å². The summed E-state index contributed by atoms with van der Waals surface area (Å²) in [5, 5.41) is 5.98. The Morgan fingerprint density at radius 1 is 1.23 bits per heavy atom. The molecule has 0 fully saturated rings. The zero-order valence-electron chi connectivity index (χ0n) is 15.3. The van der Waals surface area contributed by atoms with E-state index in [-0.39, 0.29) is 30.0 Å². The Morgan fingerprint density at radius 3 is 2.65 bits per heavy atom. The third-order valence-corrected chi connectivity index (χ3v) is 4.93. The first kappa shape index (κ1) is 20.4. The van der Waals surface area contributed by atoms with E-state index in [1.165, 1.54) is 5.56 Å². The van der Waals surface area contributed by atoms with Gasteiger partial charge in [0.25, 0.3) is 0 Å². The number of fused-ring (bicyclic) bond motifs is 1. The minimum atomic E-state index is -0.285. The Morgan fingerprint density at radius 2 is 1.96 bits per heavy atom. The molecule has 0 saturated carbocycles. The van der Waals surface area contributed by atoms with Gasteiger partial charge < -0.3 is 10.6 Å². The smallest absolute Gasteiger partial charge is 0.225 e. The molecule has 0 bridgehead atoms. The molecule has 1 heterocycles. The van der Waals surface area contributed by atoms with Crippen LogP contribution < -0.4 is 10.6 Å². The van der Waals surface area contributed by atoms with Crippen LogP contribution in [0.3, 0.4) is 0 Å². The molecule has 0 spiro atoms. The Kier molecular flexibility index (Phi) is 7.18. The second-order valence-corrected chi connectivity index (χ2v) is 6.74. The van der Waals surface area contributed by atoms with Crippen LogP contribution in [0.25, 0.3) is 0 Å². The van der Waals surface area contributed by atoms with Crippen molar-refractivity contribution in [3.8, 4) is 0 Å². The van der Waals surface area contributed by atoms with Gasteiger partial charge in [0.05, 0.1) is 5.69 Å². The second-order valence-electron chi connectivity index (χ2n) is 6.74. The number of anilines is 1. The van der Waals surface area contributed by atoms with Gasteiger partial charge in [-0.3, -0.25) is 4.79 Å². The summed E-state index contributed by atoms with van der Waals surface area (Å²) in [4.78, 5) is 12.3. The topological polar surface area (TPSA) is 41.1 Å². The molecule has 3 rings (SSSR count). The summed E-state index contributed by atoms with van der Waals surface area (Å²) in [7, 11) is 0. The predicted molar refractivity (Wildman–Crippen MR) is 107 cm³/mol. The van der Waals surface area contributed by atoms with E-state index in [1.54, 1.807) is 6.07 Å². The largest absolute Gasteiger partial charge is 0.324 e. The number of nitrogens with one attached hydrogen (secondary N) is 2. The average molecular weight is 377 g/mol. The lowest BCUT2D eigenvalue weighted by atomic mass is 9.95. The Bertz CT molecular complexity index is 761. The molecule has 1 aliphatic heterocycles. The highest BCUT2D eigenvalue weighted by molar-refractivity contribution is 5.91. The predicted octanol–water partition coefficient (Wildman–Crippen LogP) is 4.59. The Hall–Kier alpha value is -1.91. The van der Waals surface area contributed by atoms with Crippen LogP contribution in [0.2, 0.25) is 0 Å². The third-order valence-electron chi connectivity index (χ3n) is 4.93. The van der Waals surface area contributed by atoms with Crippen LogP contribution in [-0.4, -0.2) is 12.5 Å². The van der Waals surface area contributed by atoms with Crippen molar-refractivity contribution in [2.24, 2.45) is 0 Å². The molecule has 1 amide bonds. The third kappa shape index (κ3) is 4.63. The molecule has 1 aliphatic rings. The molecule has 0 aliphatic carbocycles. The summed E-state index contributed by atoms with van der Waals surface area (Å²) in [5.74, 6) is -0.344. The van der Waals surface area contributed by atoms with E-state index in [2.05, 4.69) is 41.8 Å². The summed E-state index contributed by atoms with van der Waals surface area (Å²) in [5.41, 5.74) is 4.40. The summed E-state index contributed by atoms with van der Waals surface area (Å²) in [6.45, 7) is 5.60. The maximum absolute atomic E-state index is 14.6. The molecule has 2 N–H and O–H groups in total. The van der Waals surface area contributed by atoms with E-state index >= 15 is 0 Å². The highest BCUT2D eigenvalue weighted by Gasteiger charge is 2.18. The van der Waals surface area contributed by atoms with Crippen LogP contribution in [0.1, 0.15) is 48.4 Å². The molecule has 26 heavy (non-hydrogen) atoms. The normalized spacial score (nSPS) is 14.1. The van der Waals surface area contributed by atoms with Crippen molar-refractivity contribution in [2.45, 2.75) is 45.6 Å². The lowest BCUT2D eigenvalue weighted by Crippen LogP contribution is -2.25. The van der Waals surface area contributed by atoms with E-state index in [4.69, 9.17) is 0 Å². The molecular formula is C21H26ClFN2O. The van der Waals surface area contributed by atoms with Crippen LogP contribution in [-0.2, 0) is 24.2 Å². The Labute approximate surface area is 160 Å². The molecule has 5 heteroatoms. The van der Waals surface area contributed by atoms with Gasteiger partial charge in [0.1, 0.15) is 5.82 Å². The first-order chi connectivity index (χ1) is 12.1. The van der Waals surface area contributed by atoms with Crippen molar-refractivity contribution in [3.63, 3.8) is 0 Å². The van der Waals surface area contributed by atoms with E-state index in [9.17, 15) is 9.18 Å². The number of rotatable bonds is 5. The van der Waals surface area contributed by atoms with Crippen molar-refractivity contribution < 1.29 is 9.18 Å². The van der Waals surface area contributed by atoms with Gasteiger partial charge in [-0.15, -0.1) is 12.4 Å². The van der Waals surface area contributed by atoms with Gasteiger partial charge in [-0.1, -0.05) is 44.2 Å². The molecule has 0 aromatic heterocycles. The van der Waals surface area contributed by atoms with E-state index in [0.29, 0.717) is 25.1 Å². The first-order valence-electron chi connectivity index (χ1n) is 8.98. The van der Waals surface area contributed by atoms with Gasteiger partial charge in [-0.05, 0) is 53.6 Å². The fourth-order valence-corrected chi connectivity index (χ4v) is 3.31. The molecule has 2 aromatic rings. The van der Waals surface area contributed by atoms with Gasteiger partial charge in [0.15, 0.2) is 0 Å². The number of hydrogen-bond acceptors (Lipinski definition) is 2. The van der Waals surface area contributed by atoms with Gasteiger partial charge >= 0.3 is 0 Å². The number of benzene rings is 2. The number of aryl methyl sites for hydroxylation is 1. The maximum Gasteiger partial charge on any atom is 0.225 e. The van der Waals surface area contributed by atoms with E-state index in [0.717, 1.165) is 29.7 Å². The number of carbonyl (C=O) groups is 1. The van der Waals surface area contributed by atoms with Crippen LogP contribution in [0.15, 0.2) is 36.4 Å². The van der Waals surface area contributed by atoms with Gasteiger partial charge in [0.2, 0.25) is 5.91 Å². The van der Waals surface area contributed by atoms with Crippen LogP contribution in [0, 0.1) is 5.82 Å². The molecule has 1 unspecified atom stereocenters. The van der Waals surface area contributed by atoms with Gasteiger partial charge in [0, 0.05) is 13.0 Å². The first-order valence-corrected chi connectivity index (χ1v) is 8.98. The van der Waals surface area contributed by atoms with E-state index in [1.807, 2.05) is 13.0 Å². The molecule has 0 saturated heterocycles. The molecule has 0 radical (unpaired) electrons. The highest BCUT2D eigenvalue weighted by Crippen LogP contribution is 2.26. The monoisotopic (exact) mass is 376 g/mol. The highest BCUT2D eigenvalue weighted by atomic mass is 35.5. The SMILES string of the molecule is CCc1ccc(C(C)CC(=O)Nc2ccc3c(c2F)CCNC3)cc1.Cl. The molecule has 140 valence electrons. The van der Waals surface area contributed by atoms with Crippen molar-refractivity contribution >= 4 is 24.0 Å². The fraction of sp³-hybridized carbons (Fsp3) is 0.381. The lowest BCUT2D eigenvalue weighted by molar-refractivity contribution is -0.116. The molecule has 1 atom stereocenters. The summed E-state index contributed by atoms with van der Waals surface area (Å²) in [6, 6.07) is 11.9. The number of amides is 1. The van der Waals surface area contributed by atoms with Crippen molar-refractivity contribution in [1.29, 1.82) is 0 Å². The number of halogens is 2. The summed E-state index contributed by atoms with van der Waals surface area (Å²) in [6.07, 6.45) is 2.00. The summed E-state index contributed by atoms with van der Waals surface area (Å²) < 4.78 is 14.6. The van der Waals surface area contributed by atoms with Gasteiger partial charge in [-0.25, -0.2) is 4.39 Å². The zero-order valence-corrected chi connectivity index (χ0v) is 16.1. The maximum atomic E-state index is 14.6. The number of hydrogen-bond donors (Lipinski definition) is 2. The molecule has 2 aromatic carbocycles. The quantitative estimate of drug-likeness (QED) is 0.801. The summed E-state index contributed by atoms with van der Waals surface area (Å²) >= 11 is 0.